The van der Waals surface area contributed by atoms with Crippen molar-refractivity contribution in [2.75, 3.05) is 13.6 Å². The van der Waals surface area contributed by atoms with Crippen molar-refractivity contribution >= 4 is 37.3 Å². The molecule has 1 aromatic rings. The molecule has 21 heavy (non-hydrogen) atoms. The van der Waals surface area contributed by atoms with Gasteiger partial charge in [0.1, 0.15) is 4.90 Å². The molecule has 0 atom stereocenters. The summed E-state index contributed by atoms with van der Waals surface area (Å²) < 4.78 is 27.7. The van der Waals surface area contributed by atoms with E-state index in [1.54, 1.807) is 13.1 Å². The lowest BCUT2D eigenvalue weighted by molar-refractivity contribution is 0.257. The van der Waals surface area contributed by atoms with Gasteiger partial charge in [0.25, 0.3) is 0 Å². The van der Waals surface area contributed by atoms with E-state index in [-0.39, 0.29) is 0 Å². The summed E-state index contributed by atoms with van der Waals surface area (Å²) in [4.78, 5) is 1.39. The first-order valence-electron chi connectivity index (χ1n) is 7.14. The Bertz CT molecular complexity index is 568. The monoisotopic (exact) mass is 396 g/mol. The van der Waals surface area contributed by atoms with Gasteiger partial charge in [0.15, 0.2) is 0 Å². The zero-order valence-corrected chi connectivity index (χ0v) is 16.6. The Morgan fingerprint density at radius 1 is 1.38 bits per heavy atom. The Kier molecular flexibility index (Phi) is 6.86. The maximum Gasteiger partial charge on any atom is 0.245 e. The van der Waals surface area contributed by atoms with Crippen molar-refractivity contribution in [1.82, 2.24) is 9.62 Å². The summed E-state index contributed by atoms with van der Waals surface area (Å²) in [5.41, 5.74) is -0.402. The van der Waals surface area contributed by atoms with Crippen molar-refractivity contribution in [2.45, 2.75) is 57.5 Å². The molecule has 122 valence electrons. The first-order valence-corrected chi connectivity index (χ1v) is 10.2. The Morgan fingerprint density at radius 3 is 2.52 bits per heavy atom. The second kappa shape index (κ2) is 7.55. The summed E-state index contributed by atoms with van der Waals surface area (Å²) in [5, 5.41) is 3.30. The largest absolute Gasteiger partial charge is 0.312 e. The second-order valence-corrected chi connectivity index (χ2v) is 10.1. The summed E-state index contributed by atoms with van der Waals surface area (Å²) in [6, 6.07) is 1.77. The van der Waals surface area contributed by atoms with E-state index in [2.05, 4.69) is 28.2 Å². The quantitative estimate of drug-likeness (QED) is 0.679. The molecule has 0 aliphatic rings. The van der Waals surface area contributed by atoms with Crippen LogP contribution in [0, 0.1) is 0 Å². The lowest BCUT2D eigenvalue weighted by atomic mass is 10.0. The molecular formula is C14H25BrN2O2S2. The molecule has 0 saturated carbocycles. The molecule has 0 amide bonds. The van der Waals surface area contributed by atoms with Gasteiger partial charge in [-0.2, -0.15) is 4.31 Å². The molecular weight excluding hydrogens is 372 g/mol. The van der Waals surface area contributed by atoms with Gasteiger partial charge in [-0.1, -0.05) is 13.8 Å². The molecule has 1 N–H and O–H groups in total. The van der Waals surface area contributed by atoms with Gasteiger partial charge in [-0.25, -0.2) is 8.42 Å². The number of sulfonamides is 1. The topological polar surface area (TPSA) is 49.4 Å². The van der Waals surface area contributed by atoms with Crippen LogP contribution >= 0.6 is 27.3 Å². The molecule has 1 heterocycles. The molecule has 0 fully saturated rings. The molecule has 0 spiro atoms. The second-order valence-electron chi connectivity index (χ2n) is 5.67. The molecule has 0 radical (unpaired) electrons. The summed E-state index contributed by atoms with van der Waals surface area (Å²) in [6.07, 6.45) is 1.82. The maximum absolute atomic E-state index is 12.8. The minimum atomic E-state index is -3.48. The van der Waals surface area contributed by atoms with Crippen molar-refractivity contribution in [1.29, 1.82) is 0 Å². The average molecular weight is 397 g/mol. The van der Waals surface area contributed by atoms with Gasteiger partial charge in [0.05, 0.1) is 3.79 Å². The molecule has 1 rings (SSSR count). The predicted molar refractivity (Wildman–Crippen MR) is 93.3 cm³/mol. The molecule has 0 unspecified atom stereocenters. The highest BCUT2D eigenvalue weighted by Gasteiger charge is 2.34. The first kappa shape index (κ1) is 19.1. The Labute approximate surface area is 141 Å². The van der Waals surface area contributed by atoms with Crippen molar-refractivity contribution in [3.05, 3.63) is 14.7 Å². The molecule has 1 aromatic heterocycles. The van der Waals surface area contributed by atoms with Gasteiger partial charge < -0.3 is 5.32 Å². The highest BCUT2D eigenvalue weighted by Crippen LogP contribution is 2.35. The molecule has 0 aliphatic heterocycles. The van der Waals surface area contributed by atoms with Crippen LogP contribution in [0.2, 0.25) is 0 Å². The summed E-state index contributed by atoms with van der Waals surface area (Å²) in [5.74, 6) is 0. The maximum atomic E-state index is 12.8. The third kappa shape index (κ3) is 4.51. The Morgan fingerprint density at radius 2 is 2.00 bits per heavy atom. The fraction of sp³-hybridized carbons (Fsp3) is 0.714. The van der Waals surface area contributed by atoms with Crippen LogP contribution in [0.15, 0.2) is 14.7 Å². The van der Waals surface area contributed by atoms with Gasteiger partial charge in [-0.15, -0.1) is 11.3 Å². The van der Waals surface area contributed by atoms with Crippen LogP contribution in [0.1, 0.15) is 45.4 Å². The van der Waals surface area contributed by atoms with Gasteiger partial charge in [0, 0.05) is 24.0 Å². The standard InChI is InChI=1S/C14H25BrN2O2S2/c1-6-8-16-10-11-9-12(13(15)20-11)21(18,19)17(5)14(3,4)7-2/h9,16H,6-8,10H2,1-5H3. The van der Waals surface area contributed by atoms with E-state index in [1.165, 1.54) is 15.6 Å². The molecule has 4 nitrogen and oxygen atoms in total. The fourth-order valence-corrected chi connectivity index (χ4v) is 5.92. The van der Waals surface area contributed by atoms with Gasteiger partial charge in [-0.3, -0.25) is 0 Å². The summed E-state index contributed by atoms with van der Waals surface area (Å²) in [7, 11) is -1.83. The zero-order valence-electron chi connectivity index (χ0n) is 13.4. The van der Waals surface area contributed by atoms with Crippen molar-refractivity contribution in [3.8, 4) is 0 Å². The van der Waals surface area contributed by atoms with Crippen LogP contribution in [-0.2, 0) is 16.6 Å². The van der Waals surface area contributed by atoms with Crippen molar-refractivity contribution in [3.63, 3.8) is 0 Å². The minimum absolute atomic E-state index is 0.366. The molecule has 0 saturated heterocycles. The average Bonchev–Trinajstić information content (AvgIpc) is 2.80. The Hall–Kier alpha value is 0.0500. The Balaban J connectivity index is 3.04. The first-order chi connectivity index (χ1) is 9.66. The van der Waals surface area contributed by atoms with Crippen LogP contribution in [0.3, 0.4) is 0 Å². The number of thiophene rings is 1. The minimum Gasteiger partial charge on any atom is -0.312 e. The van der Waals surface area contributed by atoms with Crippen LogP contribution < -0.4 is 5.32 Å². The van der Waals surface area contributed by atoms with Gasteiger partial charge in [-0.05, 0) is 55.2 Å². The number of nitrogens with one attached hydrogen (secondary N) is 1. The molecule has 0 aromatic carbocycles. The molecule has 0 aliphatic carbocycles. The normalized spacial score (nSPS) is 13.1. The predicted octanol–water partition coefficient (Wildman–Crippen LogP) is 3.82. The molecule has 0 bridgehead atoms. The van der Waals surface area contributed by atoms with E-state index in [4.69, 9.17) is 0 Å². The van der Waals surface area contributed by atoms with Gasteiger partial charge >= 0.3 is 0 Å². The van der Waals surface area contributed by atoms with Crippen LogP contribution in [-0.4, -0.2) is 31.9 Å². The van der Waals surface area contributed by atoms with Crippen LogP contribution in [0.4, 0.5) is 0 Å². The lowest BCUT2D eigenvalue weighted by Gasteiger charge is -2.33. The van der Waals surface area contributed by atoms with E-state index in [0.717, 1.165) is 24.3 Å². The number of rotatable bonds is 8. The van der Waals surface area contributed by atoms with Gasteiger partial charge in [0.2, 0.25) is 10.0 Å². The lowest BCUT2D eigenvalue weighted by Crippen LogP contribution is -2.44. The number of halogens is 1. The zero-order chi connectivity index (χ0) is 16.3. The van der Waals surface area contributed by atoms with E-state index >= 15 is 0 Å². The highest BCUT2D eigenvalue weighted by molar-refractivity contribution is 9.11. The van der Waals surface area contributed by atoms with E-state index in [0.29, 0.717) is 15.2 Å². The highest BCUT2D eigenvalue weighted by atomic mass is 79.9. The molecule has 7 heteroatoms. The van der Waals surface area contributed by atoms with E-state index in [9.17, 15) is 8.42 Å². The fourth-order valence-electron chi connectivity index (χ4n) is 1.74. The van der Waals surface area contributed by atoms with E-state index in [1.807, 2.05) is 20.8 Å². The van der Waals surface area contributed by atoms with Crippen LogP contribution in [0.25, 0.3) is 0 Å². The third-order valence-corrected chi connectivity index (χ3v) is 8.11. The number of hydrogen-bond donors (Lipinski definition) is 1. The SMILES string of the molecule is CCCNCc1cc(S(=O)(=O)N(C)C(C)(C)CC)c(Br)s1. The number of nitrogens with zero attached hydrogens (tertiary/aromatic N) is 1. The van der Waals surface area contributed by atoms with Crippen LogP contribution in [0.5, 0.6) is 0 Å². The van der Waals surface area contributed by atoms with Crippen molar-refractivity contribution in [2.24, 2.45) is 0 Å². The number of hydrogen-bond acceptors (Lipinski definition) is 4. The van der Waals surface area contributed by atoms with Crippen molar-refractivity contribution < 1.29 is 8.42 Å². The van der Waals surface area contributed by atoms with E-state index < -0.39 is 15.6 Å². The smallest absolute Gasteiger partial charge is 0.245 e. The summed E-state index contributed by atoms with van der Waals surface area (Å²) in [6.45, 7) is 9.61. The summed E-state index contributed by atoms with van der Waals surface area (Å²) >= 11 is 4.88. The third-order valence-electron chi connectivity index (χ3n) is 3.79.